The molecule has 1 unspecified atom stereocenters. The Labute approximate surface area is 155 Å². The first kappa shape index (κ1) is 18.4. The monoisotopic (exact) mass is 356 g/mol. The van der Waals surface area contributed by atoms with Crippen molar-refractivity contribution in [2.45, 2.75) is 45.4 Å². The molecule has 6 heteroatoms. The molecule has 1 aliphatic rings. The highest BCUT2D eigenvalue weighted by Crippen LogP contribution is 2.29. The van der Waals surface area contributed by atoms with Gasteiger partial charge in [-0.05, 0) is 50.8 Å². The number of carbonyl (C=O) groups is 1. The minimum atomic E-state index is 0.219. The number of nitrogens with zero attached hydrogens (tertiary/aromatic N) is 4. The summed E-state index contributed by atoms with van der Waals surface area (Å²) in [6.07, 6.45) is 5.23. The fourth-order valence-corrected chi connectivity index (χ4v) is 3.66. The van der Waals surface area contributed by atoms with Crippen LogP contribution in [0.5, 0.6) is 0 Å². The highest BCUT2D eigenvalue weighted by Gasteiger charge is 2.25. The molecule has 0 aromatic carbocycles. The van der Waals surface area contributed by atoms with Crippen molar-refractivity contribution < 1.29 is 9.32 Å². The van der Waals surface area contributed by atoms with Crippen LogP contribution in [-0.4, -0.2) is 48.1 Å². The molecule has 1 saturated heterocycles. The molecule has 6 nitrogen and oxygen atoms in total. The normalized spacial score (nSPS) is 17.4. The van der Waals surface area contributed by atoms with Crippen LogP contribution in [-0.2, 0) is 11.2 Å². The first-order chi connectivity index (χ1) is 12.5. The van der Waals surface area contributed by atoms with Gasteiger partial charge in [0.2, 0.25) is 5.91 Å². The van der Waals surface area contributed by atoms with E-state index in [-0.39, 0.29) is 5.91 Å². The summed E-state index contributed by atoms with van der Waals surface area (Å²) in [5.74, 6) is 2.38. The number of aromatic nitrogens is 2. The van der Waals surface area contributed by atoms with Gasteiger partial charge < -0.3 is 14.3 Å². The number of hydrogen-bond donors (Lipinski definition) is 0. The average Bonchev–Trinajstić information content (AvgIpc) is 2.97. The second kappa shape index (κ2) is 7.89. The van der Waals surface area contributed by atoms with Gasteiger partial charge in [0.25, 0.3) is 0 Å². The third-order valence-electron chi connectivity index (χ3n) is 5.24. The number of rotatable bonds is 5. The lowest BCUT2D eigenvalue weighted by Crippen LogP contribution is -2.39. The van der Waals surface area contributed by atoms with Gasteiger partial charge in [0.15, 0.2) is 0 Å². The fourth-order valence-electron chi connectivity index (χ4n) is 3.66. The molecule has 0 N–H and O–H groups in total. The van der Waals surface area contributed by atoms with Crippen molar-refractivity contribution >= 4 is 11.7 Å². The minimum Gasteiger partial charge on any atom is -0.363 e. The van der Waals surface area contributed by atoms with E-state index in [9.17, 15) is 4.79 Å². The first-order valence-electron chi connectivity index (χ1n) is 9.28. The molecule has 3 rings (SSSR count). The molecule has 140 valence electrons. The molecule has 2 aromatic heterocycles. The summed E-state index contributed by atoms with van der Waals surface area (Å²) in [7, 11) is 4.00. The molecule has 0 bridgehead atoms. The third kappa shape index (κ3) is 4.06. The van der Waals surface area contributed by atoms with Crippen LogP contribution in [0.3, 0.4) is 0 Å². The van der Waals surface area contributed by atoms with Crippen molar-refractivity contribution in [3.8, 4) is 0 Å². The van der Waals surface area contributed by atoms with Crippen LogP contribution >= 0.6 is 0 Å². The van der Waals surface area contributed by atoms with Gasteiger partial charge in [0.05, 0.1) is 5.69 Å². The number of anilines is 1. The molecular formula is C20H28N4O2. The van der Waals surface area contributed by atoms with Crippen LogP contribution in [0.2, 0.25) is 0 Å². The van der Waals surface area contributed by atoms with E-state index in [2.05, 4.69) is 22.3 Å². The van der Waals surface area contributed by atoms with Gasteiger partial charge in [-0.2, -0.15) is 0 Å². The predicted molar refractivity (Wildman–Crippen MR) is 101 cm³/mol. The maximum Gasteiger partial charge on any atom is 0.222 e. The Kier molecular flexibility index (Phi) is 5.59. The van der Waals surface area contributed by atoms with E-state index < -0.39 is 0 Å². The molecule has 1 atom stereocenters. The summed E-state index contributed by atoms with van der Waals surface area (Å²) in [6.45, 7) is 5.47. The second-order valence-corrected chi connectivity index (χ2v) is 7.32. The molecule has 0 spiro atoms. The summed E-state index contributed by atoms with van der Waals surface area (Å²) in [5.41, 5.74) is 3.23. The second-order valence-electron chi connectivity index (χ2n) is 7.32. The summed E-state index contributed by atoms with van der Waals surface area (Å²) < 4.78 is 5.19. The molecule has 1 amide bonds. The zero-order valence-corrected chi connectivity index (χ0v) is 16.2. The zero-order valence-electron chi connectivity index (χ0n) is 16.2. The van der Waals surface area contributed by atoms with Gasteiger partial charge in [-0.1, -0.05) is 5.16 Å². The standard InChI is InChI=1S/C20H28N4O2/c1-14-18(15(2)26-22-14)7-8-20(25)24-11-5-6-17(13-24)16-9-10-21-19(12-16)23(3)4/h9-10,12,17H,5-8,11,13H2,1-4H3. The molecule has 1 aliphatic heterocycles. The molecule has 26 heavy (non-hydrogen) atoms. The molecular weight excluding hydrogens is 328 g/mol. The highest BCUT2D eigenvalue weighted by atomic mass is 16.5. The lowest BCUT2D eigenvalue weighted by atomic mass is 9.91. The maximum absolute atomic E-state index is 12.7. The van der Waals surface area contributed by atoms with Crippen LogP contribution < -0.4 is 4.90 Å². The Morgan fingerprint density at radius 1 is 1.38 bits per heavy atom. The topological polar surface area (TPSA) is 62.5 Å². The van der Waals surface area contributed by atoms with E-state index in [0.29, 0.717) is 18.8 Å². The lowest BCUT2D eigenvalue weighted by molar-refractivity contribution is -0.132. The number of carbonyl (C=O) groups excluding carboxylic acids is 1. The number of aryl methyl sites for hydroxylation is 2. The number of likely N-dealkylation sites (tertiary alicyclic amines) is 1. The van der Waals surface area contributed by atoms with E-state index in [1.165, 1.54) is 5.56 Å². The Morgan fingerprint density at radius 2 is 2.19 bits per heavy atom. The van der Waals surface area contributed by atoms with Gasteiger partial charge >= 0.3 is 0 Å². The van der Waals surface area contributed by atoms with Crippen molar-refractivity contribution in [3.63, 3.8) is 0 Å². The average molecular weight is 356 g/mol. The predicted octanol–water partition coefficient (Wildman–Crippen LogP) is 3.09. The third-order valence-corrected chi connectivity index (χ3v) is 5.24. The van der Waals surface area contributed by atoms with Crippen molar-refractivity contribution in [3.05, 3.63) is 40.9 Å². The highest BCUT2D eigenvalue weighted by molar-refractivity contribution is 5.76. The Hall–Kier alpha value is -2.37. The van der Waals surface area contributed by atoms with E-state index in [1.54, 1.807) is 0 Å². The zero-order chi connectivity index (χ0) is 18.7. The van der Waals surface area contributed by atoms with Crippen LogP contribution in [0.15, 0.2) is 22.9 Å². The molecule has 0 radical (unpaired) electrons. The molecule has 3 heterocycles. The summed E-state index contributed by atoms with van der Waals surface area (Å²) in [6, 6.07) is 4.22. The number of pyridine rings is 1. The SMILES string of the molecule is Cc1noc(C)c1CCC(=O)N1CCCC(c2ccnc(N(C)C)c2)C1. The van der Waals surface area contributed by atoms with E-state index in [4.69, 9.17) is 4.52 Å². The smallest absolute Gasteiger partial charge is 0.222 e. The van der Waals surface area contributed by atoms with Gasteiger partial charge in [-0.25, -0.2) is 4.98 Å². The molecule has 2 aromatic rings. The van der Waals surface area contributed by atoms with E-state index in [1.807, 2.05) is 43.9 Å². The first-order valence-corrected chi connectivity index (χ1v) is 9.28. The summed E-state index contributed by atoms with van der Waals surface area (Å²) in [5, 5.41) is 3.97. The van der Waals surface area contributed by atoms with Crippen LogP contribution in [0.25, 0.3) is 0 Å². The Balaban J connectivity index is 1.62. The van der Waals surface area contributed by atoms with Gasteiger partial charge in [-0.3, -0.25) is 4.79 Å². The van der Waals surface area contributed by atoms with Crippen molar-refractivity contribution in [1.82, 2.24) is 15.0 Å². The lowest BCUT2D eigenvalue weighted by Gasteiger charge is -2.33. The van der Waals surface area contributed by atoms with Crippen LogP contribution in [0, 0.1) is 13.8 Å². The minimum absolute atomic E-state index is 0.219. The Morgan fingerprint density at radius 3 is 2.88 bits per heavy atom. The fraction of sp³-hybridized carbons (Fsp3) is 0.550. The van der Waals surface area contributed by atoms with Gasteiger partial charge in [-0.15, -0.1) is 0 Å². The summed E-state index contributed by atoms with van der Waals surface area (Å²) >= 11 is 0. The van der Waals surface area contributed by atoms with E-state index >= 15 is 0 Å². The van der Waals surface area contributed by atoms with Gasteiger partial charge in [0.1, 0.15) is 11.6 Å². The Bertz CT molecular complexity index is 749. The maximum atomic E-state index is 12.7. The quantitative estimate of drug-likeness (QED) is 0.824. The van der Waals surface area contributed by atoms with Crippen molar-refractivity contribution in [2.75, 3.05) is 32.1 Å². The number of amides is 1. The van der Waals surface area contributed by atoms with Crippen LogP contribution in [0.1, 0.15) is 47.8 Å². The largest absolute Gasteiger partial charge is 0.363 e. The number of hydrogen-bond acceptors (Lipinski definition) is 5. The van der Waals surface area contributed by atoms with Crippen molar-refractivity contribution in [1.29, 1.82) is 0 Å². The van der Waals surface area contributed by atoms with Crippen molar-refractivity contribution in [2.24, 2.45) is 0 Å². The van der Waals surface area contributed by atoms with Crippen LogP contribution in [0.4, 0.5) is 5.82 Å². The van der Waals surface area contributed by atoms with E-state index in [0.717, 1.165) is 48.8 Å². The summed E-state index contributed by atoms with van der Waals surface area (Å²) in [4.78, 5) is 21.1. The number of piperidine rings is 1. The van der Waals surface area contributed by atoms with Gasteiger partial charge in [0, 0.05) is 51.3 Å². The molecule has 1 fully saturated rings. The molecule has 0 aliphatic carbocycles. The molecule has 0 saturated carbocycles.